The Hall–Kier alpha value is -1.48. The highest BCUT2D eigenvalue weighted by Crippen LogP contribution is 2.33. The number of benzene rings is 1. The van der Waals surface area contributed by atoms with Crippen molar-refractivity contribution in [3.63, 3.8) is 0 Å². The monoisotopic (exact) mass is 251 g/mol. The molecule has 2 rings (SSSR count). The molecule has 0 aliphatic heterocycles. The van der Waals surface area contributed by atoms with Crippen LogP contribution in [0.1, 0.15) is 18.9 Å². The van der Waals surface area contributed by atoms with Gasteiger partial charge in [-0.1, -0.05) is 11.6 Å². The Morgan fingerprint density at radius 1 is 1.47 bits per heavy atom. The van der Waals surface area contributed by atoms with Gasteiger partial charge in [0.05, 0.1) is 17.6 Å². The maximum absolute atomic E-state index is 11.0. The van der Waals surface area contributed by atoms with Crippen LogP contribution < -0.4 is 4.74 Å². The van der Waals surface area contributed by atoms with Crippen LogP contribution in [0.3, 0.4) is 0 Å². The van der Waals surface area contributed by atoms with Crippen molar-refractivity contribution in [1.29, 1.82) is 0 Å². The summed E-state index contributed by atoms with van der Waals surface area (Å²) < 4.78 is 5.32. The van der Waals surface area contributed by atoms with Gasteiger partial charge in [0.25, 0.3) is 0 Å². The molecule has 1 aromatic heterocycles. The van der Waals surface area contributed by atoms with Gasteiger partial charge in [-0.3, -0.25) is 0 Å². The van der Waals surface area contributed by atoms with E-state index in [0.29, 0.717) is 17.9 Å². The number of hydrogen-bond donors (Lipinski definition) is 1. The number of Topliss-reactive ketones (excluding diaryl/α,β-unsaturated/α-hetero) is 1. The largest absolute Gasteiger partial charge is 0.496 e. The number of methoxy groups -OCH3 is 1. The molecule has 1 aromatic carbocycles. The van der Waals surface area contributed by atoms with Crippen LogP contribution in [-0.2, 0) is 11.2 Å². The highest BCUT2D eigenvalue weighted by Gasteiger charge is 2.12. The summed E-state index contributed by atoms with van der Waals surface area (Å²) in [5.74, 6) is 0.963. The van der Waals surface area contributed by atoms with E-state index in [1.807, 2.05) is 12.3 Å². The minimum absolute atomic E-state index is 0.181. The molecule has 1 heterocycles. The molecule has 0 atom stereocenters. The third-order valence-electron chi connectivity index (χ3n) is 2.79. The zero-order valence-corrected chi connectivity index (χ0v) is 10.6. The summed E-state index contributed by atoms with van der Waals surface area (Å²) in [7, 11) is 1.63. The van der Waals surface area contributed by atoms with Crippen LogP contribution in [0, 0.1) is 0 Å². The summed E-state index contributed by atoms with van der Waals surface area (Å²) in [5, 5.41) is 1.64. The number of ketones is 1. The van der Waals surface area contributed by atoms with E-state index in [1.54, 1.807) is 20.1 Å². The molecule has 0 amide bonds. The predicted octanol–water partition coefficient (Wildman–Crippen LogP) is 3.35. The maximum Gasteiger partial charge on any atom is 0.130 e. The molecule has 17 heavy (non-hydrogen) atoms. The molecule has 0 radical (unpaired) electrons. The molecule has 0 aliphatic carbocycles. The number of hydrogen-bond acceptors (Lipinski definition) is 2. The summed E-state index contributed by atoms with van der Waals surface area (Å²) in [6.45, 7) is 1.60. The van der Waals surface area contributed by atoms with Crippen LogP contribution >= 0.6 is 11.6 Å². The first kappa shape index (κ1) is 12.0. The lowest BCUT2D eigenvalue weighted by Gasteiger charge is -2.05. The van der Waals surface area contributed by atoms with Gasteiger partial charge in [-0.15, -0.1) is 0 Å². The molecule has 0 bridgehead atoms. The van der Waals surface area contributed by atoms with Gasteiger partial charge >= 0.3 is 0 Å². The lowest BCUT2D eigenvalue weighted by atomic mass is 10.1. The standard InChI is InChI=1S/C13H14ClNO2/c1-8(16)3-4-9-7-15-13-10(14)5-6-11(17-2)12(9)13/h5-7,15H,3-4H2,1-2H3. The lowest BCUT2D eigenvalue weighted by molar-refractivity contribution is -0.116. The van der Waals surface area contributed by atoms with Crippen LogP contribution in [0.25, 0.3) is 10.9 Å². The Kier molecular flexibility index (Phi) is 3.38. The zero-order valence-electron chi connectivity index (χ0n) is 9.84. The number of fused-ring (bicyclic) bond motifs is 1. The minimum Gasteiger partial charge on any atom is -0.496 e. The Morgan fingerprint density at radius 2 is 2.24 bits per heavy atom. The van der Waals surface area contributed by atoms with Gasteiger partial charge in [0.15, 0.2) is 0 Å². The fourth-order valence-electron chi connectivity index (χ4n) is 1.93. The smallest absolute Gasteiger partial charge is 0.130 e. The number of carbonyl (C=O) groups is 1. The molecule has 3 nitrogen and oxygen atoms in total. The summed E-state index contributed by atoms with van der Waals surface area (Å²) in [5.41, 5.74) is 1.93. The normalized spacial score (nSPS) is 10.8. The van der Waals surface area contributed by atoms with Gasteiger partial charge in [0.1, 0.15) is 11.5 Å². The maximum atomic E-state index is 11.0. The highest BCUT2D eigenvalue weighted by atomic mass is 35.5. The van der Waals surface area contributed by atoms with Crippen molar-refractivity contribution in [2.75, 3.05) is 7.11 Å². The quantitative estimate of drug-likeness (QED) is 0.906. The first-order chi connectivity index (χ1) is 8.13. The topological polar surface area (TPSA) is 42.1 Å². The summed E-state index contributed by atoms with van der Waals surface area (Å²) in [4.78, 5) is 14.2. The number of nitrogens with one attached hydrogen (secondary N) is 1. The molecule has 0 spiro atoms. The van der Waals surface area contributed by atoms with Crippen LogP contribution in [0.2, 0.25) is 5.02 Å². The first-order valence-corrected chi connectivity index (χ1v) is 5.83. The molecule has 0 aliphatic rings. The van der Waals surface area contributed by atoms with Gasteiger partial charge in [-0.2, -0.15) is 0 Å². The summed E-state index contributed by atoms with van der Waals surface area (Å²) in [6.07, 6.45) is 3.12. The van der Waals surface area contributed by atoms with Crippen LogP contribution in [0.15, 0.2) is 18.3 Å². The second-order valence-electron chi connectivity index (χ2n) is 4.02. The molecule has 0 fully saturated rings. The van der Waals surface area contributed by atoms with Crippen molar-refractivity contribution in [2.24, 2.45) is 0 Å². The lowest BCUT2D eigenvalue weighted by Crippen LogP contribution is -1.94. The second-order valence-corrected chi connectivity index (χ2v) is 4.42. The van der Waals surface area contributed by atoms with Gasteiger partial charge in [-0.25, -0.2) is 0 Å². The Morgan fingerprint density at radius 3 is 2.88 bits per heavy atom. The molecule has 90 valence electrons. The van der Waals surface area contributed by atoms with Crippen molar-refractivity contribution in [3.05, 3.63) is 28.9 Å². The van der Waals surface area contributed by atoms with E-state index in [4.69, 9.17) is 16.3 Å². The van der Waals surface area contributed by atoms with Crippen molar-refractivity contribution in [2.45, 2.75) is 19.8 Å². The van der Waals surface area contributed by atoms with E-state index in [2.05, 4.69) is 4.98 Å². The number of ether oxygens (including phenoxy) is 1. The Labute approximate surface area is 105 Å². The van der Waals surface area contributed by atoms with Crippen molar-refractivity contribution in [1.82, 2.24) is 4.98 Å². The molecule has 1 N–H and O–H groups in total. The van der Waals surface area contributed by atoms with Crippen molar-refractivity contribution >= 4 is 28.3 Å². The number of carbonyl (C=O) groups excluding carboxylic acids is 1. The Bertz CT molecular complexity index is 560. The average Bonchev–Trinajstić information content (AvgIpc) is 2.72. The average molecular weight is 252 g/mol. The van der Waals surface area contributed by atoms with E-state index in [-0.39, 0.29) is 5.78 Å². The van der Waals surface area contributed by atoms with E-state index in [1.165, 1.54) is 0 Å². The predicted molar refractivity (Wildman–Crippen MR) is 68.9 cm³/mol. The number of aryl methyl sites for hydroxylation is 1. The summed E-state index contributed by atoms with van der Waals surface area (Å²) >= 11 is 6.11. The molecule has 2 aromatic rings. The summed E-state index contributed by atoms with van der Waals surface area (Å²) in [6, 6.07) is 3.64. The van der Waals surface area contributed by atoms with Crippen molar-refractivity contribution in [3.8, 4) is 5.75 Å². The third kappa shape index (κ3) is 2.29. The third-order valence-corrected chi connectivity index (χ3v) is 3.11. The minimum atomic E-state index is 0.181. The first-order valence-electron chi connectivity index (χ1n) is 5.45. The fraction of sp³-hybridized carbons (Fsp3) is 0.308. The van der Waals surface area contributed by atoms with E-state index < -0.39 is 0 Å². The van der Waals surface area contributed by atoms with Gasteiger partial charge < -0.3 is 14.5 Å². The molecule has 4 heteroatoms. The van der Waals surface area contributed by atoms with Gasteiger partial charge in [0, 0.05) is 18.0 Å². The number of halogens is 1. The van der Waals surface area contributed by atoms with E-state index >= 15 is 0 Å². The Balaban J connectivity index is 2.49. The number of aromatic amines is 1. The highest BCUT2D eigenvalue weighted by molar-refractivity contribution is 6.35. The number of H-pyrrole nitrogens is 1. The fourth-order valence-corrected chi connectivity index (χ4v) is 2.14. The second kappa shape index (κ2) is 4.80. The molecular weight excluding hydrogens is 238 g/mol. The number of rotatable bonds is 4. The molecule has 0 saturated carbocycles. The molecule has 0 saturated heterocycles. The van der Waals surface area contributed by atoms with E-state index in [9.17, 15) is 4.79 Å². The van der Waals surface area contributed by atoms with Crippen LogP contribution in [0.5, 0.6) is 5.75 Å². The van der Waals surface area contributed by atoms with Gasteiger partial charge in [0.2, 0.25) is 0 Å². The van der Waals surface area contributed by atoms with E-state index in [0.717, 1.165) is 22.2 Å². The van der Waals surface area contributed by atoms with Crippen LogP contribution in [-0.4, -0.2) is 17.9 Å². The molecule has 0 unspecified atom stereocenters. The van der Waals surface area contributed by atoms with Crippen LogP contribution in [0.4, 0.5) is 0 Å². The van der Waals surface area contributed by atoms with Crippen molar-refractivity contribution < 1.29 is 9.53 Å². The number of aromatic nitrogens is 1. The van der Waals surface area contributed by atoms with Gasteiger partial charge in [-0.05, 0) is 31.0 Å². The SMILES string of the molecule is COc1ccc(Cl)c2[nH]cc(CCC(C)=O)c12. The molecular formula is C13H14ClNO2. The zero-order chi connectivity index (χ0) is 12.4.